The zero-order valence-corrected chi connectivity index (χ0v) is 9.27. The molecular formula is C12H16O4. The minimum absolute atomic E-state index is 0.108. The van der Waals surface area contributed by atoms with Gasteiger partial charge in [-0.25, -0.2) is 4.79 Å². The number of furan rings is 1. The van der Waals surface area contributed by atoms with Crippen LogP contribution in [0.1, 0.15) is 48.9 Å². The molecule has 4 heteroatoms. The molecular weight excluding hydrogens is 208 g/mol. The van der Waals surface area contributed by atoms with Crippen LogP contribution in [0.15, 0.2) is 16.5 Å². The van der Waals surface area contributed by atoms with Gasteiger partial charge in [0.05, 0.1) is 0 Å². The Hall–Kier alpha value is -1.29. The minimum Gasteiger partial charge on any atom is -0.475 e. The van der Waals surface area contributed by atoms with E-state index in [9.17, 15) is 9.90 Å². The van der Waals surface area contributed by atoms with Crippen LogP contribution in [0.2, 0.25) is 0 Å². The SMILES string of the molecule is CCC1CCC(O)(c2ccc(C(=O)O)o2)C1. The second kappa shape index (κ2) is 3.94. The average Bonchev–Trinajstić information content (AvgIpc) is 2.84. The topological polar surface area (TPSA) is 70.7 Å². The highest BCUT2D eigenvalue weighted by molar-refractivity contribution is 5.84. The first-order valence-corrected chi connectivity index (χ1v) is 5.61. The van der Waals surface area contributed by atoms with Gasteiger partial charge in [0.15, 0.2) is 0 Å². The van der Waals surface area contributed by atoms with Gasteiger partial charge in [-0.3, -0.25) is 0 Å². The average molecular weight is 224 g/mol. The lowest BCUT2D eigenvalue weighted by molar-refractivity contribution is 0.0159. The summed E-state index contributed by atoms with van der Waals surface area (Å²) in [5.74, 6) is -0.313. The Morgan fingerprint density at radius 2 is 2.38 bits per heavy atom. The highest BCUT2D eigenvalue weighted by Gasteiger charge is 2.40. The van der Waals surface area contributed by atoms with Gasteiger partial charge in [0.1, 0.15) is 11.4 Å². The van der Waals surface area contributed by atoms with Gasteiger partial charge in [-0.1, -0.05) is 13.3 Å². The highest BCUT2D eigenvalue weighted by atomic mass is 16.4. The van der Waals surface area contributed by atoms with Crippen LogP contribution < -0.4 is 0 Å². The number of carbonyl (C=O) groups is 1. The molecule has 0 aromatic carbocycles. The van der Waals surface area contributed by atoms with E-state index in [4.69, 9.17) is 9.52 Å². The fourth-order valence-electron chi connectivity index (χ4n) is 2.40. The molecule has 0 bridgehead atoms. The molecule has 2 N–H and O–H groups in total. The number of rotatable bonds is 3. The maximum atomic E-state index is 10.7. The maximum Gasteiger partial charge on any atom is 0.371 e. The van der Waals surface area contributed by atoms with Gasteiger partial charge in [-0.2, -0.15) is 0 Å². The van der Waals surface area contributed by atoms with E-state index in [2.05, 4.69) is 6.92 Å². The van der Waals surface area contributed by atoms with E-state index < -0.39 is 11.6 Å². The highest BCUT2D eigenvalue weighted by Crippen LogP contribution is 2.43. The Morgan fingerprint density at radius 1 is 1.62 bits per heavy atom. The molecule has 0 aliphatic heterocycles. The molecule has 2 rings (SSSR count). The molecule has 0 saturated heterocycles. The second-order valence-electron chi connectivity index (χ2n) is 4.52. The molecule has 0 spiro atoms. The molecule has 4 nitrogen and oxygen atoms in total. The quantitative estimate of drug-likeness (QED) is 0.826. The van der Waals surface area contributed by atoms with Gasteiger partial charge in [0.25, 0.3) is 0 Å². The van der Waals surface area contributed by atoms with Crippen LogP contribution in [0.5, 0.6) is 0 Å². The minimum atomic E-state index is -1.10. The van der Waals surface area contributed by atoms with Crippen molar-refractivity contribution < 1.29 is 19.4 Å². The molecule has 1 aromatic heterocycles. The summed E-state index contributed by atoms with van der Waals surface area (Å²) in [7, 11) is 0. The molecule has 16 heavy (non-hydrogen) atoms. The van der Waals surface area contributed by atoms with Gasteiger partial charge in [0.2, 0.25) is 5.76 Å². The first-order chi connectivity index (χ1) is 7.55. The van der Waals surface area contributed by atoms with Gasteiger partial charge >= 0.3 is 5.97 Å². The van der Waals surface area contributed by atoms with Gasteiger partial charge in [-0.05, 0) is 37.3 Å². The predicted molar refractivity (Wildman–Crippen MR) is 57.2 cm³/mol. The summed E-state index contributed by atoms with van der Waals surface area (Å²) in [5, 5.41) is 19.1. The Bertz CT molecular complexity index is 395. The van der Waals surface area contributed by atoms with Crippen molar-refractivity contribution in [3.05, 3.63) is 23.7 Å². The first-order valence-electron chi connectivity index (χ1n) is 5.61. The number of aliphatic hydroxyl groups is 1. The third-order valence-corrected chi connectivity index (χ3v) is 3.45. The summed E-state index contributed by atoms with van der Waals surface area (Å²) >= 11 is 0. The molecule has 88 valence electrons. The monoisotopic (exact) mass is 224 g/mol. The molecule has 2 atom stereocenters. The zero-order chi connectivity index (χ0) is 11.8. The van der Waals surface area contributed by atoms with Crippen molar-refractivity contribution in [1.82, 2.24) is 0 Å². The lowest BCUT2D eigenvalue weighted by Crippen LogP contribution is -2.20. The van der Waals surface area contributed by atoms with Crippen molar-refractivity contribution in [2.24, 2.45) is 5.92 Å². The van der Waals surface area contributed by atoms with Crippen LogP contribution in [0.25, 0.3) is 0 Å². The van der Waals surface area contributed by atoms with Crippen molar-refractivity contribution in [2.75, 3.05) is 0 Å². The van der Waals surface area contributed by atoms with Crippen molar-refractivity contribution in [2.45, 2.75) is 38.2 Å². The van der Waals surface area contributed by atoms with Crippen molar-refractivity contribution in [1.29, 1.82) is 0 Å². The summed E-state index contributed by atoms with van der Waals surface area (Å²) in [5.41, 5.74) is -0.964. The van der Waals surface area contributed by atoms with Crippen LogP contribution in [-0.4, -0.2) is 16.2 Å². The standard InChI is InChI=1S/C12H16O4/c1-2-8-5-6-12(15,7-8)10-4-3-9(16-10)11(13)14/h3-4,8,15H,2,5-7H2,1H3,(H,13,14). The number of carboxylic acids is 1. The Labute approximate surface area is 93.9 Å². The molecule has 1 fully saturated rings. The van der Waals surface area contributed by atoms with Crippen LogP contribution in [0.4, 0.5) is 0 Å². The van der Waals surface area contributed by atoms with Gasteiger partial charge in [0, 0.05) is 0 Å². The van der Waals surface area contributed by atoms with E-state index in [-0.39, 0.29) is 5.76 Å². The summed E-state index contributed by atoms with van der Waals surface area (Å²) in [6.07, 6.45) is 3.32. The third-order valence-electron chi connectivity index (χ3n) is 3.45. The lowest BCUT2D eigenvalue weighted by Gasteiger charge is -2.19. The van der Waals surface area contributed by atoms with Gasteiger partial charge < -0.3 is 14.6 Å². The molecule has 1 aliphatic carbocycles. The third kappa shape index (κ3) is 1.85. The van der Waals surface area contributed by atoms with Crippen LogP contribution in [0, 0.1) is 5.92 Å². The van der Waals surface area contributed by atoms with E-state index in [1.165, 1.54) is 6.07 Å². The van der Waals surface area contributed by atoms with Crippen molar-refractivity contribution in [3.63, 3.8) is 0 Å². The molecule has 0 radical (unpaired) electrons. The van der Waals surface area contributed by atoms with E-state index in [1.54, 1.807) is 6.07 Å². The molecule has 1 saturated carbocycles. The number of hydrogen-bond donors (Lipinski definition) is 2. The second-order valence-corrected chi connectivity index (χ2v) is 4.52. The van der Waals surface area contributed by atoms with E-state index in [0.717, 1.165) is 12.8 Å². The maximum absolute atomic E-state index is 10.7. The van der Waals surface area contributed by atoms with Crippen molar-refractivity contribution in [3.8, 4) is 0 Å². The largest absolute Gasteiger partial charge is 0.475 e. The van der Waals surface area contributed by atoms with Crippen molar-refractivity contribution >= 4 is 5.97 Å². The molecule has 1 heterocycles. The summed E-state index contributed by atoms with van der Waals surface area (Å²) in [6, 6.07) is 2.97. The lowest BCUT2D eigenvalue weighted by atomic mass is 9.96. The Kier molecular flexibility index (Phi) is 2.76. The molecule has 1 aromatic rings. The summed E-state index contributed by atoms with van der Waals surface area (Å²) in [4.78, 5) is 10.7. The van der Waals surface area contributed by atoms with Crippen LogP contribution in [0.3, 0.4) is 0 Å². The Morgan fingerprint density at radius 3 is 2.88 bits per heavy atom. The van der Waals surface area contributed by atoms with E-state index in [1.807, 2.05) is 0 Å². The molecule has 1 aliphatic rings. The van der Waals surface area contributed by atoms with Gasteiger partial charge in [-0.15, -0.1) is 0 Å². The fourth-order valence-corrected chi connectivity index (χ4v) is 2.40. The first kappa shape index (κ1) is 11.2. The fraction of sp³-hybridized carbons (Fsp3) is 0.583. The Balaban J connectivity index is 2.20. The van der Waals surface area contributed by atoms with Crippen LogP contribution in [-0.2, 0) is 5.60 Å². The summed E-state index contributed by atoms with van der Waals surface area (Å²) < 4.78 is 5.18. The summed E-state index contributed by atoms with van der Waals surface area (Å²) in [6.45, 7) is 2.10. The molecule has 2 unspecified atom stereocenters. The van der Waals surface area contributed by atoms with E-state index in [0.29, 0.717) is 24.5 Å². The van der Waals surface area contributed by atoms with Crippen LogP contribution >= 0.6 is 0 Å². The number of aromatic carboxylic acids is 1. The normalized spacial score (nSPS) is 29.5. The van der Waals surface area contributed by atoms with E-state index >= 15 is 0 Å². The smallest absolute Gasteiger partial charge is 0.371 e. The zero-order valence-electron chi connectivity index (χ0n) is 9.27. The predicted octanol–water partition coefficient (Wildman–Crippen LogP) is 2.38. The number of carboxylic acid groups (broad SMARTS) is 1. The number of hydrogen-bond acceptors (Lipinski definition) is 3. The molecule has 0 amide bonds.